The zero-order chi connectivity index (χ0) is 10.0. The lowest BCUT2D eigenvalue weighted by Crippen LogP contribution is -2.21. The molecule has 3 N–H and O–H groups in total. The molecule has 0 saturated heterocycles. The van der Waals surface area contributed by atoms with E-state index in [1.807, 2.05) is 22.6 Å². The number of benzene rings is 1. The number of carbonyl (C=O) groups is 1. The van der Waals surface area contributed by atoms with Gasteiger partial charge in [0.2, 0.25) is 0 Å². The van der Waals surface area contributed by atoms with Crippen molar-refractivity contribution in [1.29, 1.82) is 0 Å². The van der Waals surface area contributed by atoms with Crippen molar-refractivity contribution in [2.24, 2.45) is 5.73 Å². The van der Waals surface area contributed by atoms with E-state index in [9.17, 15) is 9.18 Å². The second-order valence-corrected chi connectivity index (χ2v) is 3.64. The van der Waals surface area contributed by atoms with Crippen LogP contribution in [0.15, 0.2) is 18.2 Å². The van der Waals surface area contributed by atoms with E-state index in [2.05, 4.69) is 0 Å². The molecule has 0 saturated carbocycles. The lowest BCUT2D eigenvalue weighted by Gasteiger charge is -2.08. The van der Waals surface area contributed by atoms with Gasteiger partial charge in [-0.15, -0.1) is 0 Å². The summed E-state index contributed by atoms with van der Waals surface area (Å²) in [6.45, 7) is 0. The molecule has 0 aliphatic rings. The van der Waals surface area contributed by atoms with Gasteiger partial charge in [0, 0.05) is 3.57 Å². The molecule has 0 spiro atoms. The summed E-state index contributed by atoms with van der Waals surface area (Å²) in [4.78, 5) is 10.5. The van der Waals surface area contributed by atoms with E-state index >= 15 is 0 Å². The van der Waals surface area contributed by atoms with E-state index < -0.39 is 17.8 Å². The fourth-order valence-corrected chi connectivity index (χ4v) is 1.70. The van der Waals surface area contributed by atoms with Crippen LogP contribution in [0.4, 0.5) is 4.39 Å². The zero-order valence-corrected chi connectivity index (χ0v) is 8.66. The van der Waals surface area contributed by atoms with Gasteiger partial charge in [-0.3, -0.25) is 4.79 Å². The molecule has 0 aliphatic heterocycles. The predicted molar refractivity (Wildman–Crippen MR) is 53.7 cm³/mol. The van der Waals surface area contributed by atoms with Gasteiger partial charge in [0.05, 0.1) is 0 Å². The molecule has 0 aliphatic carbocycles. The molecule has 1 rings (SSSR count). The Balaban J connectivity index is 3.08. The average molecular weight is 295 g/mol. The smallest absolute Gasteiger partial charge is 0.325 e. The van der Waals surface area contributed by atoms with Gasteiger partial charge in [0.1, 0.15) is 11.9 Å². The number of rotatable bonds is 2. The van der Waals surface area contributed by atoms with Crippen LogP contribution in [0.3, 0.4) is 0 Å². The van der Waals surface area contributed by atoms with Crippen molar-refractivity contribution >= 4 is 28.6 Å². The zero-order valence-electron chi connectivity index (χ0n) is 6.50. The normalized spacial score (nSPS) is 12.5. The topological polar surface area (TPSA) is 63.3 Å². The molecule has 0 radical (unpaired) electrons. The van der Waals surface area contributed by atoms with Crippen LogP contribution in [0, 0.1) is 9.39 Å². The fraction of sp³-hybridized carbons (Fsp3) is 0.125. The van der Waals surface area contributed by atoms with E-state index in [0.717, 1.165) is 0 Å². The number of aliphatic carboxylic acids is 1. The van der Waals surface area contributed by atoms with Gasteiger partial charge < -0.3 is 10.8 Å². The fourth-order valence-electron chi connectivity index (χ4n) is 0.887. The molecule has 1 aromatic rings. The maximum Gasteiger partial charge on any atom is 0.325 e. The first-order chi connectivity index (χ1) is 6.02. The number of nitrogens with two attached hydrogens (primary N) is 1. The Labute approximate surface area is 87.9 Å². The first-order valence-corrected chi connectivity index (χ1v) is 4.53. The van der Waals surface area contributed by atoms with Crippen LogP contribution in [0.2, 0.25) is 0 Å². The molecule has 70 valence electrons. The van der Waals surface area contributed by atoms with Gasteiger partial charge in [-0.05, 0) is 40.3 Å². The van der Waals surface area contributed by atoms with Crippen molar-refractivity contribution in [2.75, 3.05) is 0 Å². The molecule has 1 atom stereocenters. The predicted octanol–water partition coefficient (Wildman–Crippen LogP) is 1.51. The minimum absolute atomic E-state index is 0.397. The monoisotopic (exact) mass is 295 g/mol. The van der Waals surface area contributed by atoms with E-state index in [1.54, 1.807) is 0 Å². The quantitative estimate of drug-likeness (QED) is 0.813. The van der Waals surface area contributed by atoms with Crippen LogP contribution >= 0.6 is 22.6 Å². The SMILES string of the molecule is N[C@H](C(=O)O)c1ccc(F)cc1I. The summed E-state index contributed by atoms with van der Waals surface area (Å²) in [6, 6.07) is 2.74. The van der Waals surface area contributed by atoms with Crippen molar-refractivity contribution in [3.05, 3.63) is 33.1 Å². The van der Waals surface area contributed by atoms with E-state index in [4.69, 9.17) is 10.8 Å². The van der Waals surface area contributed by atoms with Crippen LogP contribution in [0.25, 0.3) is 0 Å². The summed E-state index contributed by atoms with van der Waals surface area (Å²) in [7, 11) is 0. The number of carboxylic acids is 1. The third kappa shape index (κ3) is 2.38. The van der Waals surface area contributed by atoms with Gasteiger partial charge >= 0.3 is 5.97 Å². The molecule has 0 fully saturated rings. The first-order valence-electron chi connectivity index (χ1n) is 3.45. The Bertz CT molecular complexity index is 343. The molecule has 0 bridgehead atoms. The summed E-state index contributed by atoms with van der Waals surface area (Å²) in [5, 5.41) is 8.61. The maximum absolute atomic E-state index is 12.6. The molecule has 5 heteroatoms. The maximum atomic E-state index is 12.6. The van der Waals surface area contributed by atoms with Gasteiger partial charge in [0.25, 0.3) is 0 Å². The van der Waals surface area contributed by atoms with Crippen LogP contribution in [-0.2, 0) is 4.79 Å². The third-order valence-electron chi connectivity index (χ3n) is 1.56. The Hall–Kier alpha value is -0.690. The highest BCUT2D eigenvalue weighted by atomic mass is 127. The van der Waals surface area contributed by atoms with E-state index in [1.165, 1.54) is 18.2 Å². The second kappa shape index (κ2) is 4.01. The van der Waals surface area contributed by atoms with Crippen molar-refractivity contribution in [3.63, 3.8) is 0 Å². The van der Waals surface area contributed by atoms with Gasteiger partial charge in [-0.1, -0.05) is 6.07 Å². The molecule has 1 aromatic carbocycles. The number of carboxylic acid groups (broad SMARTS) is 1. The molecule has 0 aromatic heterocycles. The summed E-state index contributed by atoms with van der Waals surface area (Å²) >= 11 is 1.85. The Kier molecular flexibility index (Phi) is 3.21. The highest BCUT2D eigenvalue weighted by molar-refractivity contribution is 14.1. The van der Waals surface area contributed by atoms with Crippen LogP contribution in [-0.4, -0.2) is 11.1 Å². The van der Waals surface area contributed by atoms with E-state index in [0.29, 0.717) is 9.13 Å². The Morgan fingerprint density at radius 3 is 2.69 bits per heavy atom. The van der Waals surface area contributed by atoms with Crippen molar-refractivity contribution in [3.8, 4) is 0 Å². The van der Waals surface area contributed by atoms with E-state index in [-0.39, 0.29) is 0 Å². The highest BCUT2D eigenvalue weighted by Crippen LogP contribution is 2.19. The second-order valence-electron chi connectivity index (χ2n) is 2.48. The van der Waals surface area contributed by atoms with Crippen molar-refractivity contribution in [2.45, 2.75) is 6.04 Å². The highest BCUT2D eigenvalue weighted by Gasteiger charge is 2.16. The molecular weight excluding hydrogens is 288 g/mol. The average Bonchev–Trinajstić information content (AvgIpc) is 2.03. The number of hydrogen-bond acceptors (Lipinski definition) is 2. The molecule has 3 nitrogen and oxygen atoms in total. The minimum Gasteiger partial charge on any atom is -0.480 e. The van der Waals surface area contributed by atoms with Crippen LogP contribution in [0.5, 0.6) is 0 Å². The standard InChI is InChI=1S/C8H7FINO2/c9-4-1-2-5(6(10)3-4)7(11)8(12)13/h1-3,7H,11H2,(H,12,13)/t7-/m0/s1. The van der Waals surface area contributed by atoms with Gasteiger partial charge in [-0.2, -0.15) is 0 Å². The van der Waals surface area contributed by atoms with Crippen molar-refractivity contribution in [1.82, 2.24) is 0 Å². The third-order valence-corrected chi connectivity index (χ3v) is 2.50. The van der Waals surface area contributed by atoms with Crippen LogP contribution < -0.4 is 5.73 Å². The van der Waals surface area contributed by atoms with Crippen LogP contribution in [0.1, 0.15) is 11.6 Å². The molecule has 0 amide bonds. The summed E-state index contributed by atoms with van der Waals surface area (Å²) in [5.41, 5.74) is 5.79. The summed E-state index contributed by atoms with van der Waals surface area (Å²) in [6.07, 6.45) is 0. The summed E-state index contributed by atoms with van der Waals surface area (Å²) < 4.78 is 13.1. The lowest BCUT2D eigenvalue weighted by molar-refractivity contribution is -0.138. The Morgan fingerprint density at radius 1 is 1.62 bits per heavy atom. The number of halogens is 2. The number of hydrogen-bond donors (Lipinski definition) is 2. The lowest BCUT2D eigenvalue weighted by atomic mass is 10.1. The summed E-state index contributed by atoms with van der Waals surface area (Å²) in [5.74, 6) is -1.52. The van der Waals surface area contributed by atoms with Crippen molar-refractivity contribution < 1.29 is 14.3 Å². The molecular formula is C8H7FINO2. The minimum atomic E-state index is -1.12. The first kappa shape index (κ1) is 10.4. The van der Waals surface area contributed by atoms with Gasteiger partial charge in [0.15, 0.2) is 0 Å². The van der Waals surface area contributed by atoms with Gasteiger partial charge in [-0.25, -0.2) is 4.39 Å². The Morgan fingerprint density at radius 2 is 2.23 bits per heavy atom. The molecule has 13 heavy (non-hydrogen) atoms. The molecule has 0 heterocycles. The molecule has 0 unspecified atom stereocenters. The largest absolute Gasteiger partial charge is 0.480 e.